The van der Waals surface area contributed by atoms with Crippen LogP contribution in [0.3, 0.4) is 0 Å². The minimum atomic E-state index is -0.493. The first-order chi connectivity index (χ1) is 8.63. The van der Waals surface area contributed by atoms with E-state index < -0.39 is 4.92 Å². The van der Waals surface area contributed by atoms with Crippen molar-refractivity contribution in [2.45, 2.75) is 23.5 Å². The van der Waals surface area contributed by atoms with E-state index in [1.807, 2.05) is 6.92 Å². The van der Waals surface area contributed by atoms with E-state index in [9.17, 15) is 10.1 Å². The van der Waals surface area contributed by atoms with Crippen LogP contribution in [-0.2, 0) is 6.42 Å². The zero-order valence-corrected chi connectivity index (χ0v) is 10.3. The monoisotopic (exact) mass is 266 g/mol. The van der Waals surface area contributed by atoms with E-state index in [2.05, 4.69) is 15.2 Å². The summed E-state index contributed by atoms with van der Waals surface area (Å²) in [6.07, 6.45) is 2.11. The third-order valence-electron chi connectivity index (χ3n) is 2.19. The van der Waals surface area contributed by atoms with Crippen LogP contribution in [0.1, 0.15) is 12.7 Å². The summed E-state index contributed by atoms with van der Waals surface area (Å²) in [5.41, 5.74) is -0.0800. The predicted octanol–water partition coefficient (Wildman–Crippen LogP) is 1.01. The van der Waals surface area contributed by atoms with Gasteiger partial charge in [0.25, 0.3) is 0 Å². The van der Waals surface area contributed by atoms with Gasteiger partial charge in [-0.15, -0.1) is 10.2 Å². The molecule has 0 fully saturated rings. The van der Waals surface area contributed by atoms with Crippen molar-refractivity contribution in [1.29, 1.82) is 0 Å². The number of pyridine rings is 1. The van der Waals surface area contributed by atoms with Crippen molar-refractivity contribution < 1.29 is 4.92 Å². The summed E-state index contributed by atoms with van der Waals surface area (Å²) < 4.78 is 1.31. The lowest BCUT2D eigenvalue weighted by atomic mass is 10.4. The maximum absolute atomic E-state index is 10.8. The molecule has 0 unspecified atom stereocenters. The number of nitrogens with zero attached hydrogens (tertiary/aromatic N) is 5. The van der Waals surface area contributed by atoms with E-state index in [0.29, 0.717) is 17.4 Å². The summed E-state index contributed by atoms with van der Waals surface area (Å²) in [6.45, 7) is 1.89. The third kappa shape index (κ3) is 2.25. The number of nitrogen functional groups attached to an aromatic ring is 1. The highest BCUT2D eigenvalue weighted by Gasteiger charge is 2.18. The molecule has 94 valence electrons. The molecule has 2 rings (SSSR count). The quantitative estimate of drug-likeness (QED) is 0.499. The van der Waals surface area contributed by atoms with Crippen molar-refractivity contribution in [1.82, 2.24) is 19.9 Å². The summed E-state index contributed by atoms with van der Waals surface area (Å²) >= 11 is 1.02. The molecule has 0 saturated heterocycles. The fourth-order valence-electron chi connectivity index (χ4n) is 1.30. The minimum Gasteiger partial charge on any atom is -0.336 e. The van der Waals surface area contributed by atoms with E-state index in [1.165, 1.54) is 23.0 Å². The third-order valence-corrected chi connectivity index (χ3v) is 3.16. The molecule has 0 aliphatic heterocycles. The fourth-order valence-corrected chi connectivity index (χ4v) is 2.12. The molecule has 8 nitrogen and oxygen atoms in total. The minimum absolute atomic E-state index is 0.0800. The molecule has 2 aromatic rings. The number of rotatable bonds is 4. The summed E-state index contributed by atoms with van der Waals surface area (Å²) in [5.74, 6) is 6.37. The number of hydrogen-bond donors (Lipinski definition) is 1. The van der Waals surface area contributed by atoms with Crippen LogP contribution in [0.5, 0.6) is 0 Å². The Labute approximate surface area is 106 Å². The zero-order chi connectivity index (χ0) is 13.1. The first kappa shape index (κ1) is 12.3. The van der Waals surface area contributed by atoms with Gasteiger partial charge in [0.15, 0.2) is 10.9 Å². The number of nitro groups is 1. The smallest absolute Gasteiger partial charge is 0.301 e. The van der Waals surface area contributed by atoms with Gasteiger partial charge in [-0.05, 0) is 17.8 Å². The molecule has 0 aliphatic carbocycles. The molecule has 0 amide bonds. The highest BCUT2D eigenvalue weighted by Crippen LogP contribution is 2.30. The Morgan fingerprint density at radius 2 is 2.33 bits per heavy atom. The fraction of sp³-hybridized carbons (Fsp3) is 0.222. The van der Waals surface area contributed by atoms with Gasteiger partial charge in [0.05, 0.1) is 4.92 Å². The lowest BCUT2D eigenvalue weighted by Crippen LogP contribution is -2.13. The van der Waals surface area contributed by atoms with Crippen LogP contribution in [0.2, 0.25) is 0 Å². The van der Waals surface area contributed by atoms with Gasteiger partial charge in [-0.1, -0.05) is 6.92 Å². The highest BCUT2D eigenvalue weighted by molar-refractivity contribution is 7.99. The Kier molecular flexibility index (Phi) is 3.42. The lowest BCUT2D eigenvalue weighted by molar-refractivity contribution is -0.388. The molecule has 0 aliphatic rings. The van der Waals surface area contributed by atoms with E-state index in [-0.39, 0.29) is 10.7 Å². The van der Waals surface area contributed by atoms with E-state index in [4.69, 9.17) is 5.84 Å². The molecule has 2 N–H and O–H groups in total. The van der Waals surface area contributed by atoms with Crippen LogP contribution in [0.15, 0.2) is 28.5 Å². The van der Waals surface area contributed by atoms with Gasteiger partial charge < -0.3 is 5.84 Å². The number of aryl methyl sites for hydroxylation is 1. The topological polar surface area (TPSA) is 113 Å². The van der Waals surface area contributed by atoms with Gasteiger partial charge >= 0.3 is 5.69 Å². The molecule has 0 spiro atoms. The average molecular weight is 266 g/mol. The largest absolute Gasteiger partial charge is 0.336 e. The summed E-state index contributed by atoms with van der Waals surface area (Å²) in [4.78, 5) is 14.3. The summed E-state index contributed by atoms with van der Waals surface area (Å²) in [7, 11) is 0. The Hall–Kier alpha value is -2.16. The van der Waals surface area contributed by atoms with Crippen LogP contribution in [0.4, 0.5) is 5.69 Å². The Morgan fingerprint density at radius 1 is 1.56 bits per heavy atom. The van der Waals surface area contributed by atoms with Crippen molar-refractivity contribution >= 4 is 17.4 Å². The zero-order valence-electron chi connectivity index (χ0n) is 9.48. The van der Waals surface area contributed by atoms with Crippen molar-refractivity contribution in [2.24, 2.45) is 0 Å². The number of aromatic nitrogens is 4. The molecule has 18 heavy (non-hydrogen) atoms. The Balaban J connectivity index is 2.34. The molecule has 2 heterocycles. The molecule has 0 bridgehead atoms. The summed E-state index contributed by atoms with van der Waals surface area (Å²) in [6, 6.07) is 2.89. The first-order valence-corrected chi connectivity index (χ1v) is 5.91. The second kappa shape index (κ2) is 5.00. The maximum atomic E-state index is 10.8. The average Bonchev–Trinajstić information content (AvgIpc) is 2.71. The molecule has 9 heteroatoms. The second-order valence-electron chi connectivity index (χ2n) is 3.31. The van der Waals surface area contributed by atoms with Crippen LogP contribution >= 0.6 is 11.8 Å². The molecular formula is C9H10N6O2S. The number of hydrogen-bond acceptors (Lipinski definition) is 7. The van der Waals surface area contributed by atoms with Gasteiger partial charge in [0, 0.05) is 18.7 Å². The predicted molar refractivity (Wildman–Crippen MR) is 64.6 cm³/mol. The standard InChI is InChI=1S/C9H10N6O2S/c1-2-7-12-13-9(14(7)10)18-8-6(15(16)17)4-3-5-11-8/h3-5H,2,10H2,1H3. The van der Waals surface area contributed by atoms with E-state index in [0.717, 1.165) is 11.8 Å². The van der Waals surface area contributed by atoms with Crippen molar-refractivity contribution in [2.75, 3.05) is 5.84 Å². The van der Waals surface area contributed by atoms with Gasteiger partial charge in [0.2, 0.25) is 5.16 Å². The molecular weight excluding hydrogens is 256 g/mol. The van der Waals surface area contributed by atoms with Gasteiger partial charge in [0.1, 0.15) is 0 Å². The van der Waals surface area contributed by atoms with Crippen LogP contribution in [-0.4, -0.2) is 24.8 Å². The molecule has 2 aromatic heterocycles. The molecule has 0 aromatic carbocycles. The van der Waals surface area contributed by atoms with Crippen LogP contribution in [0.25, 0.3) is 0 Å². The van der Waals surface area contributed by atoms with Crippen molar-refractivity contribution in [3.63, 3.8) is 0 Å². The first-order valence-electron chi connectivity index (χ1n) is 5.10. The van der Waals surface area contributed by atoms with Gasteiger partial charge in [-0.25, -0.2) is 9.66 Å². The molecule has 0 saturated carbocycles. The van der Waals surface area contributed by atoms with Crippen molar-refractivity contribution in [3.8, 4) is 0 Å². The lowest BCUT2D eigenvalue weighted by Gasteiger charge is -2.01. The van der Waals surface area contributed by atoms with Gasteiger partial charge in [-0.2, -0.15) is 0 Å². The maximum Gasteiger partial charge on any atom is 0.301 e. The SMILES string of the molecule is CCc1nnc(Sc2ncccc2[N+](=O)[O-])n1N. The van der Waals surface area contributed by atoms with E-state index >= 15 is 0 Å². The highest BCUT2D eigenvalue weighted by atomic mass is 32.2. The normalized spacial score (nSPS) is 10.5. The number of nitrogens with two attached hydrogens (primary N) is 1. The molecule has 0 atom stereocenters. The summed E-state index contributed by atoms with van der Waals surface area (Å²) in [5, 5.41) is 19.2. The molecule has 0 radical (unpaired) electrons. The van der Waals surface area contributed by atoms with Gasteiger partial charge in [-0.3, -0.25) is 10.1 Å². The van der Waals surface area contributed by atoms with Crippen LogP contribution < -0.4 is 5.84 Å². The Bertz CT molecular complexity index is 584. The van der Waals surface area contributed by atoms with E-state index in [1.54, 1.807) is 0 Å². The second-order valence-corrected chi connectivity index (χ2v) is 4.27. The van der Waals surface area contributed by atoms with Crippen molar-refractivity contribution in [3.05, 3.63) is 34.3 Å². The van der Waals surface area contributed by atoms with Crippen LogP contribution in [0, 0.1) is 10.1 Å². The Morgan fingerprint density at radius 3 is 2.94 bits per heavy atom.